The quantitative estimate of drug-likeness (QED) is 0.678. The van der Waals surface area contributed by atoms with Crippen molar-refractivity contribution in [2.45, 2.75) is 0 Å². The molecule has 2 aromatic heterocycles. The molecular weight excluding hydrogens is 336 g/mol. The molecule has 6 heteroatoms. The summed E-state index contributed by atoms with van der Waals surface area (Å²) in [7, 11) is 1.33. The molecular formula is C15H11BrN2O3. The van der Waals surface area contributed by atoms with Gasteiger partial charge in [-0.2, -0.15) is 0 Å². The topological polar surface area (TPSA) is 57.3 Å². The van der Waals surface area contributed by atoms with E-state index in [-0.39, 0.29) is 5.69 Å². The molecule has 0 radical (unpaired) electrons. The van der Waals surface area contributed by atoms with Crippen LogP contribution in [0.4, 0.5) is 0 Å². The molecule has 0 fully saturated rings. The van der Waals surface area contributed by atoms with E-state index in [1.165, 1.54) is 7.11 Å². The van der Waals surface area contributed by atoms with Crippen molar-refractivity contribution < 1.29 is 13.9 Å². The summed E-state index contributed by atoms with van der Waals surface area (Å²) >= 11 is 3.40. The van der Waals surface area contributed by atoms with Crippen LogP contribution >= 0.6 is 15.9 Å². The number of esters is 1. The standard InChI is InChI=1S/C15H11BrN2O3/c1-20-15(19)12-9-18(11-6-4-10(16)5-7-11)14(17-12)13-3-2-8-21-13/h2-9H,1H3. The van der Waals surface area contributed by atoms with E-state index in [0.717, 1.165) is 10.2 Å². The summed E-state index contributed by atoms with van der Waals surface area (Å²) in [6.45, 7) is 0. The molecule has 0 N–H and O–H groups in total. The van der Waals surface area contributed by atoms with Gasteiger partial charge < -0.3 is 9.15 Å². The molecule has 0 atom stereocenters. The van der Waals surface area contributed by atoms with E-state index in [0.29, 0.717) is 11.6 Å². The number of imidazole rings is 1. The lowest BCUT2D eigenvalue weighted by Crippen LogP contribution is -2.01. The Balaban J connectivity index is 2.15. The van der Waals surface area contributed by atoms with Crippen molar-refractivity contribution >= 4 is 21.9 Å². The number of methoxy groups -OCH3 is 1. The maximum atomic E-state index is 11.7. The highest BCUT2D eigenvalue weighted by molar-refractivity contribution is 9.10. The van der Waals surface area contributed by atoms with Gasteiger partial charge in [-0.3, -0.25) is 4.57 Å². The smallest absolute Gasteiger partial charge is 0.358 e. The zero-order valence-corrected chi connectivity index (χ0v) is 12.7. The second-order valence-electron chi connectivity index (χ2n) is 4.27. The van der Waals surface area contributed by atoms with Gasteiger partial charge in [-0.1, -0.05) is 15.9 Å². The molecule has 0 spiro atoms. The fraction of sp³-hybridized carbons (Fsp3) is 0.0667. The number of halogens is 1. The van der Waals surface area contributed by atoms with E-state index >= 15 is 0 Å². The Kier molecular flexibility index (Phi) is 3.62. The summed E-state index contributed by atoms with van der Waals surface area (Å²) in [5.41, 5.74) is 1.10. The van der Waals surface area contributed by atoms with Crippen LogP contribution < -0.4 is 0 Å². The van der Waals surface area contributed by atoms with E-state index in [1.807, 2.05) is 24.3 Å². The number of hydrogen-bond acceptors (Lipinski definition) is 4. The van der Waals surface area contributed by atoms with Crippen LogP contribution in [0.5, 0.6) is 0 Å². The average Bonchev–Trinajstić information content (AvgIpc) is 3.16. The van der Waals surface area contributed by atoms with Crippen molar-refractivity contribution in [1.29, 1.82) is 0 Å². The van der Waals surface area contributed by atoms with Gasteiger partial charge in [-0.25, -0.2) is 9.78 Å². The molecule has 106 valence electrons. The molecule has 0 amide bonds. The van der Waals surface area contributed by atoms with Gasteiger partial charge in [0.05, 0.1) is 13.4 Å². The Morgan fingerprint density at radius 2 is 2.05 bits per heavy atom. The second kappa shape index (κ2) is 5.57. The number of benzene rings is 1. The highest BCUT2D eigenvalue weighted by Crippen LogP contribution is 2.24. The van der Waals surface area contributed by atoms with Crippen LogP contribution in [0.3, 0.4) is 0 Å². The van der Waals surface area contributed by atoms with Crippen LogP contribution in [-0.2, 0) is 4.74 Å². The molecule has 5 nitrogen and oxygen atoms in total. The lowest BCUT2D eigenvalue weighted by molar-refractivity contribution is 0.0594. The molecule has 0 unspecified atom stereocenters. The van der Waals surface area contributed by atoms with Gasteiger partial charge >= 0.3 is 5.97 Å². The fourth-order valence-corrected chi connectivity index (χ4v) is 2.23. The monoisotopic (exact) mass is 346 g/mol. The first-order chi connectivity index (χ1) is 10.2. The van der Waals surface area contributed by atoms with Crippen molar-refractivity contribution in [3.05, 3.63) is 59.0 Å². The largest absolute Gasteiger partial charge is 0.464 e. The zero-order valence-electron chi connectivity index (χ0n) is 11.1. The first kappa shape index (κ1) is 13.6. The van der Waals surface area contributed by atoms with Crippen molar-refractivity contribution in [1.82, 2.24) is 9.55 Å². The minimum absolute atomic E-state index is 0.229. The van der Waals surface area contributed by atoms with Gasteiger partial charge in [-0.15, -0.1) is 0 Å². The number of carbonyl (C=O) groups is 1. The Labute approximate surface area is 129 Å². The summed E-state index contributed by atoms with van der Waals surface area (Å²) in [5, 5.41) is 0. The zero-order chi connectivity index (χ0) is 14.8. The number of carbonyl (C=O) groups excluding carboxylic acids is 1. The van der Waals surface area contributed by atoms with Gasteiger partial charge in [0.25, 0.3) is 0 Å². The van der Waals surface area contributed by atoms with Gasteiger partial charge in [0.15, 0.2) is 17.3 Å². The number of rotatable bonds is 3. The molecule has 3 rings (SSSR count). The van der Waals surface area contributed by atoms with Crippen molar-refractivity contribution in [3.63, 3.8) is 0 Å². The molecule has 3 aromatic rings. The van der Waals surface area contributed by atoms with Crippen LogP contribution in [-0.4, -0.2) is 22.6 Å². The Bertz CT molecular complexity index is 761. The molecule has 0 saturated heterocycles. The molecule has 0 aliphatic heterocycles. The fourth-order valence-electron chi connectivity index (χ4n) is 1.96. The molecule has 2 heterocycles. The van der Waals surface area contributed by atoms with E-state index in [2.05, 4.69) is 20.9 Å². The highest BCUT2D eigenvalue weighted by atomic mass is 79.9. The molecule has 0 aliphatic carbocycles. The Morgan fingerprint density at radius 1 is 1.29 bits per heavy atom. The lowest BCUT2D eigenvalue weighted by atomic mass is 10.3. The van der Waals surface area contributed by atoms with Crippen LogP contribution in [0.2, 0.25) is 0 Å². The van der Waals surface area contributed by atoms with E-state index < -0.39 is 5.97 Å². The van der Waals surface area contributed by atoms with E-state index in [4.69, 9.17) is 9.15 Å². The van der Waals surface area contributed by atoms with Gasteiger partial charge in [-0.05, 0) is 36.4 Å². The number of nitrogens with zero attached hydrogens (tertiary/aromatic N) is 2. The minimum Gasteiger partial charge on any atom is -0.464 e. The Morgan fingerprint density at radius 3 is 2.67 bits per heavy atom. The van der Waals surface area contributed by atoms with Crippen molar-refractivity contribution in [2.75, 3.05) is 7.11 Å². The van der Waals surface area contributed by atoms with Crippen LogP contribution in [0.1, 0.15) is 10.5 Å². The first-order valence-corrected chi connectivity index (χ1v) is 6.96. The molecule has 0 saturated carbocycles. The van der Waals surface area contributed by atoms with Crippen molar-refractivity contribution in [3.8, 4) is 17.3 Å². The molecule has 0 bridgehead atoms. The van der Waals surface area contributed by atoms with Crippen LogP contribution in [0, 0.1) is 0 Å². The Hall–Kier alpha value is -2.34. The number of furan rings is 1. The summed E-state index contributed by atoms with van der Waals surface area (Å²) in [6.07, 6.45) is 3.20. The summed E-state index contributed by atoms with van der Waals surface area (Å²) in [6, 6.07) is 11.2. The third-order valence-corrected chi connectivity index (χ3v) is 3.48. The van der Waals surface area contributed by atoms with Gasteiger partial charge in [0.2, 0.25) is 0 Å². The minimum atomic E-state index is -0.487. The third-order valence-electron chi connectivity index (χ3n) is 2.95. The lowest BCUT2D eigenvalue weighted by Gasteiger charge is -2.05. The van der Waals surface area contributed by atoms with Crippen LogP contribution in [0.25, 0.3) is 17.3 Å². The molecule has 21 heavy (non-hydrogen) atoms. The predicted octanol–water partition coefficient (Wildman–Crippen LogP) is 3.68. The third kappa shape index (κ3) is 2.62. The SMILES string of the molecule is COC(=O)c1cn(-c2ccc(Br)cc2)c(-c2ccco2)n1. The highest BCUT2D eigenvalue weighted by Gasteiger charge is 2.18. The van der Waals surface area contributed by atoms with Crippen molar-refractivity contribution in [2.24, 2.45) is 0 Å². The van der Waals surface area contributed by atoms with E-state index in [9.17, 15) is 4.79 Å². The second-order valence-corrected chi connectivity index (χ2v) is 5.18. The molecule has 0 aliphatic rings. The average molecular weight is 347 g/mol. The maximum Gasteiger partial charge on any atom is 0.358 e. The first-order valence-electron chi connectivity index (χ1n) is 6.16. The number of ether oxygens (including phenoxy) is 1. The van der Waals surface area contributed by atoms with Gasteiger partial charge in [0, 0.05) is 16.4 Å². The number of hydrogen-bond donors (Lipinski definition) is 0. The van der Waals surface area contributed by atoms with Gasteiger partial charge in [0.1, 0.15) is 0 Å². The maximum absolute atomic E-state index is 11.7. The van der Waals surface area contributed by atoms with Crippen LogP contribution in [0.15, 0.2) is 57.7 Å². The number of aromatic nitrogens is 2. The summed E-state index contributed by atoms with van der Waals surface area (Å²) < 4.78 is 12.9. The summed E-state index contributed by atoms with van der Waals surface area (Å²) in [4.78, 5) is 16.0. The summed E-state index contributed by atoms with van der Waals surface area (Å²) in [5.74, 6) is 0.634. The van der Waals surface area contributed by atoms with E-state index in [1.54, 1.807) is 29.2 Å². The normalized spacial score (nSPS) is 10.6. The predicted molar refractivity (Wildman–Crippen MR) is 80.3 cm³/mol. The molecule has 1 aromatic carbocycles.